The molecule has 0 fully saturated rings. The Bertz CT molecular complexity index is 782. The van der Waals surface area contributed by atoms with Crippen molar-refractivity contribution in [3.8, 4) is 0 Å². The maximum Gasteiger partial charge on any atom is 0.264 e. The van der Waals surface area contributed by atoms with Crippen LogP contribution in [0.1, 0.15) is 41.3 Å². The molecule has 4 heteroatoms. The third-order valence-electron chi connectivity index (χ3n) is 4.48. The monoisotopic (exact) mass is 323 g/mol. The van der Waals surface area contributed by atoms with E-state index in [1.165, 1.54) is 0 Å². The van der Waals surface area contributed by atoms with Crippen molar-refractivity contribution >= 4 is 17.4 Å². The number of aliphatic hydroxyl groups is 1. The lowest BCUT2D eigenvalue weighted by Crippen LogP contribution is -2.42. The van der Waals surface area contributed by atoms with Crippen molar-refractivity contribution < 1.29 is 14.7 Å². The number of hydrogen-bond acceptors (Lipinski definition) is 3. The van der Waals surface area contributed by atoms with E-state index >= 15 is 0 Å². The maximum atomic E-state index is 12.8. The number of benzene rings is 2. The molecule has 2 aromatic rings. The standard InChI is InChI=1S/C20H21NO3/c1-3-12-21-17-7-5-4-6-16(17)20(24,19(21)23)13-18(22)15-10-8-14(2)9-11-15/h4-11,24H,3,12-13H2,1-2H3/t20-/m1/s1. The summed E-state index contributed by atoms with van der Waals surface area (Å²) in [6, 6.07) is 14.3. The summed E-state index contributed by atoms with van der Waals surface area (Å²) in [5.74, 6) is -0.648. The quantitative estimate of drug-likeness (QED) is 0.860. The van der Waals surface area contributed by atoms with Gasteiger partial charge in [0.25, 0.3) is 5.91 Å². The molecule has 1 amide bonds. The summed E-state index contributed by atoms with van der Waals surface area (Å²) in [6.07, 6.45) is 0.536. The van der Waals surface area contributed by atoms with E-state index in [0.29, 0.717) is 23.4 Å². The van der Waals surface area contributed by atoms with Crippen LogP contribution in [0.4, 0.5) is 5.69 Å². The lowest BCUT2D eigenvalue weighted by molar-refractivity contribution is -0.135. The number of Topliss-reactive ketones (excluding diaryl/α,β-unsaturated/α-hetero) is 1. The number of hydrogen-bond donors (Lipinski definition) is 1. The lowest BCUT2D eigenvalue weighted by Gasteiger charge is -2.22. The Morgan fingerprint density at radius 3 is 2.46 bits per heavy atom. The van der Waals surface area contributed by atoms with Gasteiger partial charge in [0.15, 0.2) is 11.4 Å². The lowest BCUT2D eigenvalue weighted by atomic mass is 9.88. The van der Waals surface area contributed by atoms with Crippen LogP contribution in [-0.2, 0) is 10.4 Å². The van der Waals surface area contributed by atoms with Gasteiger partial charge in [-0.25, -0.2) is 0 Å². The summed E-state index contributed by atoms with van der Waals surface area (Å²) in [7, 11) is 0. The molecule has 124 valence electrons. The highest BCUT2D eigenvalue weighted by atomic mass is 16.3. The SMILES string of the molecule is CCCN1C(=O)[C@@](O)(CC(=O)c2ccc(C)cc2)c2ccccc21. The van der Waals surface area contributed by atoms with E-state index < -0.39 is 11.5 Å². The molecule has 1 N–H and O–H groups in total. The zero-order chi connectivity index (χ0) is 17.3. The Hall–Kier alpha value is -2.46. The summed E-state index contributed by atoms with van der Waals surface area (Å²) in [4.78, 5) is 27.0. The molecule has 0 saturated heterocycles. The number of ketones is 1. The van der Waals surface area contributed by atoms with Crippen LogP contribution in [0.25, 0.3) is 0 Å². The van der Waals surface area contributed by atoms with E-state index in [9.17, 15) is 14.7 Å². The van der Waals surface area contributed by atoms with Crippen LogP contribution in [0.2, 0.25) is 0 Å². The molecule has 0 spiro atoms. The van der Waals surface area contributed by atoms with Crippen LogP contribution >= 0.6 is 0 Å². The van der Waals surface area contributed by atoms with E-state index in [0.717, 1.165) is 12.0 Å². The van der Waals surface area contributed by atoms with Gasteiger partial charge in [0.2, 0.25) is 0 Å². The van der Waals surface area contributed by atoms with Crippen molar-refractivity contribution in [2.45, 2.75) is 32.3 Å². The highest BCUT2D eigenvalue weighted by molar-refractivity contribution is 6.10. The molecule has 3 rings (SSSR count). The third-order valence-corrected chi connectivity index (χ3v) is 4.48. The van der Waals surface area contributed by atoms with E-state index in [2.05, 4.69) is 0 Å². The van der Waals surface area contributed by atoms with Gasteiger partial charge < -0.3 is 10.0 Å². The summed E-state index contributed by atoms with van der Waals surface area (Å²) < 4.78 is 0. The molecule has 4 nitrogen and oxygen atoms in total. The molecule has 1 aliphatic heterocycles. The second-order valence-electron chi connectivity index (χ2n) is 6.30. The molecule has 0 saturated carbocycles. The van der Waals surface area contributed by atoms with Gasteiger partial charge in [0, 0.05) is 17.7 Å². The van der Waals surface area contributed by atoms with Crippen LogP contribution in [0.3, 0.4) is 0 Å². The van der Waals surface area contributed by atoms with Crippen molar-refractivity contribution in [3.05, 3.63) is 65.2 Å². The van der Waals surface area contributed by atoms with Gasteiger partial charge in [-0.3, -0.25) is 9.59 Å². The maximum absolute atomic E-state index is 12.8. The topological polar surface area (TPSA) is 57.6 Å². The second-order valence-corrected chi connectivity index (χ2v) is 6.30. The highest BCUT2D eigenvalue weighted by Gasteiger charge is 2.50. The molecule has 0 radical (unpaired) electrons. The van der Waals surface area contributed by atoms with Crippen molar-refractivity contribution in [2.75, 3.05) is 11.4 Å². The highest BCUT2D eigenvalue weighted by Crippen LogP contribution is 2.42. The number of carbonyl (C=O) groups excluding carboxylic acids is 2. The third kappa shape index (κ3) is 2.63. The predicted molar refractivity (Wildman–Crippen MR) is 93.1 cm³/mol. The summed E-state index contributed by atoms with van der Waals surface area (Å²) in [6.45, 7) is 4.45. The van der Waals surface area contributed by atoms with Crippen LogP contribution < -0.4 is 4.90 Å². The summed E-state index contributed by atoms with van der Waals surface area (Å²) in [5.41, 5.74) is 0.996. The molecule has 0 aromatic heterocycles. The van der Waals surface area contributed by atoms with Crippen molar-refractivity contribution in [1.82, 2.24) is 0 Å². The normalized spacial score (nSPS) is 19.5. The fraction of sp³-hybridized carbons (Fsp3) is 0.300. The molecular formula is C20H21NO3. The molecule has 1 aliphatic rings. The van der Waals surface area contributed by atoms with Crippen molar-refractivity contribution in [2.24, 2.45) is 0 Å². The molecule has 2 aromatic carbocycles. The molecule has 0 bridgehead atoms. The Balaban J connectivity index is 1.95. The number of amides is 1. The smallest absolute Gasteiger partial charge is 0.264 e. The first-order valence-electron chi connectivity index (χ1n) is 8.21. The number of para-hydroxylation sites is 1. The van der Waals surface area contributed by atoms with Gasteiger partial charge in [-0.2, -0.15) is 0 Å². The van der Waals surface area contributed by atoms with E-state index in [-0.39, 0.29) is 12.2 Å². The number of aryl methyl sites for hydroxylation is 1. The van der Waals surface area contributed by atoms with Gasteiger partial charge in [-0.1, -0.05) is 55.0 Å². The van der Waals surface area contributed by atoms with Gasteiger partial charge in [0.1, 0.15) is 0 Å². The van der Waals surface area contributed by atoms with Crippen LogP contribution in [-0.4, -0.2) is 23.3 Å². The number of rotatable bonds is 5. The van der Waals surface area contributed by atoms with E-state index in [1.54, 1.807) is 29.2 Å². The Kier molecular flexibility index (Phi) is 4.24. The number of nitrogens with zero attached hydrogens (tertiary/aromatic N) is 1. The largest absolute Gasteiger partial charge is 0.375 e. The van der Waals surface area contributed by atoms with Crippen molar-refractivity contribution in [3.63, 3.8) is 0 Å². The number of anilines is 1. The Morgan fingerprint density at radius 1 is 1.12 bits per heavy atom. The fourth-order valence-corrected chi connectivity index (χ4v) is 3.20. The van der Waals surface area contributed by atoms with Gasteiger partial charge >= 0.3 is 0 Å². The fourth-order valence-electron chi connectivity index (χ4n) is 3.20. The minimum absolute atomic E-state index is 0.237. The molecular weight excluding hydrogens is 302 g/mol. The predicted octanol–water partition coefficient (Wildman–Crippen LogP) is 3.21. The van der Waals surface area contributed by atoms with Crippen molar-refractivity contribution in [1.29, 1.82) is 0 Å². The average Bonchev–Trinajstić information content (AvgIpc) is 2.78. The molecule has 0 unspecified atom stereocenters. The second kappa shape index (κ2) is 6.21. The molecule has 1 atom stereocenters. The summed E-state index contributed by atoms with van der Waals surface area (Å²) >= 11 is 0. The first-order valence-corrected chi connectivity index (χ1v) is 8.21. The molecule has 0 aliphatic carbocycles. The average molecular weight is 323 g/mol. The number of fused-ring (bicyclic) bond motifs is 1. The first-order chi connectivity index (χ1) is 11.5. The zero-order valence-corrected chi connectivity index (χ0v) is 14.0. The summed E-state index contributed by atoms with van der Waals surface area (Å²) in [5, 5.41) is 11.1. The van der Waals surface area contributed by atoms with Crippen LogP contribution in [0.15, 0.2) is 48.5 Å². The van der Waals surface area contributed by atoms with Gasteiger partial charge in [-0.15, -0.1) is 0 Å². The van der Waals surface area contributed by atoms with E-state index in [4.69, 9.17) is 0 Å². The number of carbonyl (C=O) groups is 2. The zero-order valence-electron chi connectivity index (χ0n) is 14.0. The van der Waals surface area contributed by atoms with Gasteiger partial charge in [-0.05, 0) is 19.4 Å². The first kappa shape index (κ1) is 16.4. The molecule has 1 heterocycles. The molecule has 24 heavy (non-hydrogen) atoms. The minimum atomic E-state index is -1.78. The minimum Gasteiger partial charge on any atom is -0.375 e. The van der Waals surface area contributed by atoms with Crippen LogP contribution in [0, 0.1) is 6.92 Å². The van der Waals surface area contributed by atoms with Gasteiger partial charge in [0.05, 0.1) is 12.1 Å². The van der Waals surface area contributed by atoms with E-state index in [1.807, 2.05) is 38.1 Å². The van der Waals surface area contributed by atoms with Crippen LogP contribution in [0.5, 0.6) is 0 Å². The Morgan fingerprint density at radius 2 is 1.79 bits per heavy atom. The Labute approximate surface area is 141 Å².